The molecule has 13 heavy (non-hydrogen) atoms. The highest BCUT2D eigenvalue weighted by Crippen LogP contribution is 2.15. The topological polar surface area (TPSA) is 29.1 Å². The van der Waals surface area contributed by atoms with E-state index in [1.54, 1.807) is 0 Å². The van der Waals surface area contributed by atoms with Gasteiger partial charge in [0.1, 0.15) is 0 Å². The molecule has 0 saturated heterocycles. The third-order valence-corrected chi connectivity index (χ3v) is 3.81. The van der Waals surface area contributed by atoms with Gasteiger partial charge in [-0.15, -0.1) is 0 Å². The molecule has 0 rings (SSSR count). The molecule has 0 saturated carbocycles. The molecule has 1 amide bonds. The fourth-order valence-corrected chi connectivity index (χ4v) is 1.78. The predicted molar refractivity (Wildman–Crippen MR) is 64.2 cm³/mol. The molecule has 0 spiro atoms. The van der Waals surface area contributed by atoms with E-state index in [1.807, 2.05) is 13.8 Å². The van der Waals surface area contributed by atoms with Crippen LogP contribution in [0.4, 0.5) is 0 Å². The zero-order valence-corrected chi connectivity index (χ0v) is 11.8. The Morgan fingerprint density at radius 1 is 1.38 bits per heavy atom. The third-order valence-electron chi connectivity index (χ3n) is 1.70. The van der Waals surface area contributed by atoms with Crippen LogP contribution in [-0.2, 0) is 4.79 Å². The lowest BCUT2D eigenvalue weighted by Gasteiger charge is -2.19. The minimum atomic E-state index is -1.01. The van der Waals surface area contributed by atoms with E-state index in [4.69, 9.17) is 0 Å². The Balaban J connectivity index is 3.74. The maximum atomic E-state index is 11.4. The number of hydrogen-bond acceptors (Lipinski definition) is 1. The average Bonchev–Trinajstić information content (AvgIpc) is 1.82. The number of nitrogens with one attached hydrogen (secondary N) is 1. The Hall–Kier alpha value is 0.167. The summed E-state index contributed by atoms with van der Waals surface area (Å²) in [6.45, 7) is 11.4. The highest BCUT2D eigenvalue weighted by Gasteiger charge is 2.23. The minimum Gasteiger partial charge on any atom is -0.355 e. The van der Waals surface area contributed by atoms with Crippen molar-refractivity contribution in [1.29, 1.82) is 0 Å². The molecule has 0 radical (unpaired) electrons. The molecule has 0 aliphatic heterocycles. The lowest BCUT2D eigenvalue weighted by Crippen LogP contribution is -2.39. The molecular weight excluding hydrogens is 246 g/mol. The van der Waals surface area contributed by atoms with Crippen molar-refractivity contribution >= 4 is 29.9 Å². The van der Waals surface area contributed by atoms with E-state index >= 15 is 0 Å². The normalized spacial score (nSPS) is 12.8. The van der Waals surface area contributed by atoms with Gasteiger partial charge in [-0.05, 0) is 19.9 Å². The quantitative estimate of drug-likeness (QED) is 0.615. The molecule has 4 heteroatoms. The molecule has 1 N–H and O–H groups in total. The van der Waals surface area contributed by atoms with E-state index < -0.39 is 12.4 Å². The standard InChI is InChI=1S/C9H20BrNOSi/c1-9(2,10)8(12)11-6-7-13(3,4)5/h6-7H2,1-5H3,(H,11,12). The second-order valence-corrected chi connectivity index (χ2v) is 12.6. The Labute approximate surface area is 90.6 Å². The van der Waals surface area contributed by atoms with Crippen molar-refractivity contribution in [2.75, 3.05) is 6.54 Å². The second-order valence-electron chi connectivity index (χ2n) is 5.04. The van der Waals surface area contributed by atoms with Gasteiger partial charge in [0.2, 0.25) is 5.91 Å². The molecule has 0 aromatic heterocycles. The number of amides is 1. The summed E-state index contributed by atoms with van der Waals surface area (Å²) in [5.74, 6) is 0.0748. The van der Waals surface area contributed by atoms with Gasteiger partial charge < -0.3 is 5.32 Å². The van der Waals surface area contributed by atoms with Crippen molar-refractivity contribution in [3.8, 4) is 0 Å². The fourth-order valence-electron chi connectivity index (χ4n) is 0.761. The van der Waals surface area contributed by atoms with Gasteiger partial charge in [-0.3, -0.25) is 4.79 Å². The minimum absolute atomic E-state index is 0.0748. The number of halogens is 1. The van der Waals surface area contributed by atoms with Crippen LogP contribution in [0.5, 0.6) is 0 Å². The molecule has 0 aromatic carbocycles. The summed E-state index contributed by atoms with van der Waals surface area (Å²) < 4.78 is -0.438. The Morgan fingerprint density at radius 2 is 1.85 bits per heavy atom. The first-order valence-electron chi connectivity index (χ1n) is 4.60. The SMILES string of the molecule is CC(C)(Br)C(=O)NCC[Si](C)(C)C. The van der Waals surface area contributed by atoms with Crippen LogP contribution in [-0.4, -0.2) is 24.9 Å². The van der Waals surface area contributed by atoms with Crippen LogP contribution in [0, 0.1) is 0 Å². The molecular formula is C9H20BrNOSi. The van der Waals surface area contributed by atoms with Gasteiger partial charge in [0, 0.05) is 14.6 Å². The van der Waals surface area contributed by atoms with Gasteiger partial charge in [-0.2, -0.15) is 0 Å². The van der Waals surface area contributed by atoms with E-state index in [-0.39, 0.29) is 5.91 Å². The first kappa shape index (κ1) is 13.2. The zero-order chi connectivity index (χ0) is 10.7. The van der Waals surface area contributed by atoms with Gasteiger partial charge in [0.05, 0.1) is 4.32 Å². The first-order valence-corrected chi connectivity index (χ1v) is 9.10. The van der Waals surface area contributed by atoms with Crippen LogP contribution < -0.4 is 5.32 Å². The number of carbonyl (C=O) groups excluding carboxylic acids is 1. The zero-order valence-electron chi connectivity index (χ0n) is 9.20. The smallest absolute Gasteiger partial charge is 0.236 e. The largest absolute Gasteiger partial charge is 0.355 e. The van der Waals surface area contributed by atoms with Crippen molar-refractivity contribution in [3.63, 3.8) is 0 Å². The van der Waals surface area contributed by atoms with Crippen molar-refractivity contribution in [2.45, 2.75) is 43.9 Å². The summed E-state index contributed by atoms with van der Waals surface area (Å²) in [4.78, 5) is 11.4. The number of carbonyl (C=O) groups is 1. The third kappa shape index (κ3) is 7.25. The highest BCUT2D eigenvalue weighted by atomic mass is 79.9. The van der Waals surface area contributed by atoms with Crippen LogP contribution in [0.15, 0.2) is 0 Å². The number of hydrogen-bond donors (Lipinski definition) is 1. The Morgan fingerprint density at radius 3 is 2.15 bits per heavy atom. The monoisotopic (exact) mass is 265 g/mol. The van der Waals surface area contributed by atoms with Gasteiger partial charge in [0.15, 0.2) is 0 Å². The summed E-state index contributed by atoms with van der Waals surface area (Å²) in [6, 6.07) is 1.14. The molecule has 0 unspecified atom stereocenters. The van der Waals surface area contributed by atoms with E-state index in [1.165, 1.54) is 0 Å². The summed E-state index contributed by atoms with van der Waals surface area (Å²) in [7, 11) is -1.01. The lowest BCUT2D eigenvalue weighted by molar-refractivity contribution is -0.122. The first-order chi connectivity index (χ1) is 5.63. The van der Waals surface area contributed by atoms with Gasteiger partial charge in [-0.25, -0.2) is 0 Å². The molecule has 0 aliphatic rings. The summed E-state index contributed by atoms with van der Waals surface area (Å²) >= 11 is 3.32. The second kappa shape index (κ2) is 4.60. The predicted octanol–water partition coefficient (Wildman–Crippen LogP) is 2.61. The molecule has 0 aromatic rings. The van der Waals surface area contributed by atoms with Crippen molar-refractivity contribution in [1.82, 2.24) is 5.32 Å². The lowest BCUT2D eigenvalue weighted by atomic mass is 10.2. The van der Waals surface area contributed by atoms with Gasteiger partial charge in [-0.1, -0.05) is 35.6 Å². The van der Waals surface area contributed by atoms with E-state index in [0.29, 0.717) is 0 Å². The van der Waals surface area contributed by atoms with Gasteiger partial charge >= 0.3 is 0 Å². The number of alkyl halides is 1. The molecule has 0 heterocycles. The summed E-state index contributed by atoms with van der Waals surface area (Å²) in [6.07, 6.45) is 0. The van der Waals surface area contributed by atoms with Crippen molar-refractivity contribution in [3.05, 3.63) is 0 Å². The van der Waals surface area contributed by atoms with E-state index in [2.05, 4.69) is 40.9 Å². The molecule has 0 aliphatic carbocycles. The molecule has 2 nitrogen and oxygen atoms in total. The van der Waals surface area contributed by atoms with Crippen molar-refractivity contribution < 1.29 is 4.79 Å². The van der Waals surface area contributed by atoms with Crippen LogP contribution in [0.3, 0.4) is 0 Å². The van der Waals surface area contributed by atoms with Crippen LogP contribution >= 0.6 is 15.9 Å². The van der Waals surface area contributed by atoms with Crippen molar-refractivity contribution in [2.24, 2.45) is 0 Å². The fraction of sp³-hybridized carbons (Fsp3) is 0.889. The van der Waals surface area contributed by atoms with Crippen LogP contribution in [0.2, 0.25) is 25.7 Å². The maximum Gasteiger partial charge on any atom is 0.236 e. The number of rotatable bonds is 4. The van der Waals surface area contributed by atoms with Gasteiger partial charge in [0.25, 0.3) is 0 Å². The molecule has 0 bridgehead atoms. The average molecular weight is 266 g/mol. The van der Waals surface area contributed by atoms with E-state index in [9.17, 15) is 4.79 Å². The Kier molecular flexibility index (Phi) is 4.66. The summed E-state index contributed by atoms with van der Waals surface area (Å²) in [5.41, 5.74) is 0. The molecule has 78 valence electrons. The molecule has 0 atom stereocenters. The molecule has 0 fully saturated rings. The highest BCUT2D eigenvalue weighted by molar-refractivity contribution is 9.10. The summed E-state index contributed by atoms with van der Waals surface area (Å²) in [5, 5.41) is 2.93. The van der Waals surface area contributed by atoms with Crippen LogP contribution in [0.1, 0.15) is 13.8 Å². The maximum absolute atomic E-state index is 11.4. The van der Waals surface area contributed by atoms with E-state index in [0.717, 1.165) is 12.6 Å². The van der Waals surface area contributed by atoms with Crippen LogP contribution in [0.25, 0.3) is 0 Å². The Bertz CT molecular complexity index is 181.